The van der Waals surface area contributed by atoms with Crippen molar-refractivity contribution >= 4 is 16.9 Å². The molecule has 2 aromatic carbocycles. The average molecular weight is 281 g/mol. The largest absolute Gasteiger partial charge is 0.492 e. The third-order valence-electron chi connectivity index (χ3n) is 3.72. The van der Waals surface area contributed by atoms with Crippen LogP contribution in [-0.4, -0.2) is 17.4 Å². The van der Waals surface area contributed by atoms with Gasteiger partial charge in [0.25, 0.3) is 0 Å². The highest BCUT2D eigenvalue weighted by Crippen LogP contribution is 2.35. The van der Waals surface area contributed by atoms with Crippen LogP contribution in [0.1, 0.15) is 21.8 Å². The van der Waals surface area contributed by atoms with Gasteiger partial charge in [0.1, 0.15) is 12.4 Å². The van der Waals surface area contributed by atoms with Crippen molar-refractivity contribution in [2.75, 3.05) is 6.61 Å². The van der Waals surface area contributed by atoms with Gasteiger partial charge in [-0.15, -0.1) is 0 Å². The summed E-state index contributed by atoms with van der Waals surface area (Å²) >= 11 is 0. The van der Waals surface area contributed by atoms with Crippen LogP contribution in [0.4, 0.5) is 0 Å². The Hall–Kier alpha value is -2.82. The predicted octanol–water partition coefficient (Wildman–Crippen LogP) is 2.48. The van der Waals surface area contributed by atoms with E-state index in [0.29, 0.717) is 23.3 Å². The topological polar surface area (TPSA) is 72.3 Å². The van der Waals surface area contributed by atoms with Gasteiger partial charge >= 0.3 is 5.76 Å². The van der Waals surface area contributed by atoms with Gasteiger partial charge in [-0.2, -0.15) is 0 Å². The minimum Gasteiger partial charge on any atom is -0.492 e. The molecule has 0 bridgehead atoms. The fourth-order valence-corrected chi connectivity index (χ4v) is 2.68. The average Bonchev–Trinajstić information content (AvgIpc) is 3.07. The highest BCUT2D eigenvalue weighted by molar-refractivity contribution is 6.03. The van der Waals surface area contributed by atoms with Crippen molar-refractivity contribution < 1.29 is 13.9 Å². The molecule has 0 radical (unpaired) electrons. The second kappa shape index (κ2) is 4.34. The molecule has 1 N–H and O–H groups in total. The summed E-state index contributed by atoms with van der Waals surface area (Å²) in [4.78, 5) is 26.4. The Balaban J connectivity index is 1.75. The predicted molar refractivity (Wildman–Crippen MR) is 75.8 cm³/mol. The zero-order valence-electron chi connectivity index (χ0n) is 11.0. The Morgan fingerprint density at radius 2 is 2.05 bits per heavy atom. The molecule has 1 aliphatic heterocycles. The zero-order chi connectivity index (χ0) is 14.4. The Bertz CT molecular complexity index is 906. The Labute approximate surface area is 119 Å². The van der Waals surface area contributed by atoms with Gasteiger partial charge in [-0.1, -0.05) is 18.2 Å². The molecule has 1 atom stereocenters. The molecule has 2 heterocycles. The van der Waals surface area contributed by atoms with Gasteiger partial charge in [-0.25, -0.2) is 4.79 Å². The second-order valence-corrected chi connectivity index (χ2v) is 4.99. The van der Waals surface area contributed by atoms with Gasteiger partial charge < -0.3 is 9.15 Å². The zero-order valence-corrected chi connectivity index (χ0v) is 11.0. The summed E-state index contributed by atoms with van der Waals surface area (Å²) < 4.78 is 10.5. The van der Waals surface area contributed by atoms with Crippen LogP contribution in [0.5, 0.6) is 5.75 Å². The Kier molecular flexibility index (Phi) is 2.47. The third kappa shape index (κ3) is 1.86. The molecule has 0 aliphatic carbocycles. The molecular weight excluding hydrogens is 270 g/mol. The van der Waals surface area contributed by atoms with Crippen molar-refractivity contribution in [2.24, 2.45) is 0 Å². The maximum absolute atomic E-state index is 12.7. The lowest BCUT2D eigenvalue weighted by molar-refractivity contribution is 0.0947. The van der Waals surface area contributed by atoms with Crippen LogP contribution in [0.3, 0.4) is 0 Å². The van der Waals surface area contributed by atoms with Crippen molar-refractivity contribution in [3.05, 3.63) is 64.1 Å². The summed E-state index contributed by atoms with van der Waals surface area (Å²) in [5, 5.41) is 0. The number of carbonyl (C=O) groups is 1. The highest BCUT2D eigenvalue weighted by atomic mass is 16.5. The van der Waals surface area contributed by atoms with E-state index in [2.05, 4.69) is 4.98 Å². The number of hydrogen-bond donors (Lipinski definition) is 1. The molecule has 21 heavy (non-hydrogen) atoms. The maximum atomic E-state index is 12.7. The van der Waals surface area contributed by atoms with Crippen molar-refractivity contribution in [1.29, 1.82) is 0 Å². The SMILES string of the molecule is O=C(c1ccc2[nH]c(=O)oc2c1)C1COc2ccccc21. The highest BCUT2D eigenvalue weighted by Gasteiger charge is 2.30. The van der Waals surface area contributed by atoms with Crippen LogP contribution in [0.25, 0.3) is 11.1 Å². The first-order chi connectivity index (χ1) is 10.2. The Morgan fingerprint density at radius 3 is 2.95 bits per heavy atom. The number of benzene rings is 2. The lowest BCUT2D eigenvalue weighted by Crippen LogP contribution is -2.14. The molecule has 0 saturated carbocycles. The van der Waals surface area contributed by atoms with Crippen LogP contribution in [0.15, 0.2) is 51.7 Å². The van der Waals surface area contributed by atoms with E-state index in [1.807, 2.05) is 24.3 Å². The van der Waals surface area contributed by atoms with Crippen molar-refractivity contribution in [2.45, 2.75) is 5.92 Å². The maximum Gasteiger partial charge on any atom is 0.417 e. The standard InChI is InChI=1S/C16H11NO4/c18-15(11-8-20-13-4-2-1-3-10(11)13)9-5-6-12-14(7-9)21-16(19)17-12/h1-7,11H,8H2,(H,17,19). The number of H-pyrrole nitrogens is 1. The number of fused-ring (bicyclic) bond motifs is 2. The molecule has 3 aromatic rings. The number of ketones is 1. The summed E-state index contributed by atoms with van der Waals surface area (Å²) in [5.74, 6) is -0.121. The van der Waals surface area contributed by atoms with Crippen molar-refractivity contribution in [1.82, 2.24) is 4.98 Å². The van der Waals surface area contributed by atoms with Gasteiger partial charge in [-0.05, 0) is 24.3 Å². The molecule has 1 unspecified atom stereocenters. The fourth-order valence-electron chi connectivity index (χ4n) is 2.68. The van der Waals surface area contributed by atoms with Gasteiger partial charge in [-0.3, -0.25) is 9.78 Å². The minimum atomic E-state index is -0.524. The number of hydrogen-bond acceptors (Lipinski definition) is 4. The van der Waals surface area contributed by atoms with E-state index in [9.17, 15) is 9.59 Å². The number of nitrogens with one attached hydrogen (secondary N) is 1. The van der Waals surface area contributed by atoms with E-state index in [-0.39, 0.29) is 11.7 Å². The molecular formula is C16H11NO4. The van der Waals surface area contributed by atoms with E-state index >= 15 is 0 Å². The fraction of sp³-hybridized carbons (Fsp3) is 0.125. The first kappa shape index (κ1) is 12.0. The summed E-state index contributed by atoms with van der Waals surface area (Å²) in [5.41, 5.74) is 2.38. The van der Waals surface area contributed by atoms with Crippen LogP contribution in [0, 0.1) is 0 Å². The molecule has 1 aliphatic rings. The number of Topliss-reactive ketones (excluding diaryl/α,β-unsaturated/α-hetero) is 1. The molecule has 4 rings (SSSR count). The molecule has 5 nitrogen and oxygen atoms in total. The Morgan fingerprint density at radius 1 is 1.19 bits per heavy atom. The monoisotopic (exact) mass is 281 g/mol. The van der Waals surface area contributed by atoms with Crippen LogP contribution in [0.2, 0.25) is 0 Å². The molecule has 0 spiro atoms. The van der Waals surface area contributed by atoms with E-state index in [1.54, 1.807) is 18.2 Å². The van der Waals surface area contributed by atoms with Crippen molar-refractivity contribution in [3.63, 3.8) is 0 Å². The number of rotatable bonds is 2. The third-order valence-corrected chi connectivity index (χ3v) is 3.72. The number of aromatic amines is 1. The van der Waals surface area contributed by atoms with Crippen molar-refractivity contribution in [3.8, 4) is 5.75 Å². The quantitative estimate of drug-likeness (QED) is 0.732. The molecule has 1 aromatic heterocycles. The van der Waals surface area contributed by atoms with Gasteiger partial charge in [0.05, 0.1) is 11.4 Å². The summed E-state index contributed by atoms with van der Waals surface area (Å²) in [6, 6.07) is 12.5. The van der Waals surface area contributed by atoms with Crippen LogP contribution < -0.4 is 10.5 Å². The number of ether oxygens (including phenoxy) is 1. The van der Waals surface area contributed by atoms with E-state index in [0.717, 1.165) is 11.3 Å². The van der Waals surface area contributed by atoms with E-state index in [1.165, 1.54) is 0 Å². The first-order valence-electron chi connectivity index (χ1n) is 6.61. The van der Waals surface area contributed by atoms with Gasteiger partial charge in [0, 0.05) is 11.1 Å². The van der Waals surface area contributed by atoms with Gasteiger partial charge in [0.2, 0.25) is 0 Å². The van der Waals surface area contributed by atoms with Gasteiger partial charge in [0.15, 0.2) is 11.4 Å². The molecule has 0 saturated heterocycles. The molecule has 5 heteroatoms. The lowest BCUT2D eigenvalue weighted by Gasteiger charge is -2.07. The normalized spacial score (nSPS) is 16.7. The number of para-hydroxylation sites is 1. The smallest absolute Gasteiger partial charge is 0.417 e. The minimum absolute atomic E-state index is 0.0364. The van der Waals surface area contributed by atoms with Crippen LogP contribution in [-0.2, 0) is 0 Å². The molecule has 104 valence electrons. The molecule has 0 amide bonds. The van der Waals surface area contributed by atoms with Crippen LogP contribution >= 0.6 is 0 Å². The van der Waals surface area contributed by atoms with E-state index < -0.39 is 5.76 Å². The summed E-state index contributed by atoms with van der Waals surface area (Å²) in [6.07, 6.45) is 0. The number of aromatic nitrogens is 1. The number of carbonyl (C=O) groups excluding carboxylic acids is 1. The second-order valence-electron chi connectivity index (χ2n) is 4.99. The first-order valence-corrected chi connectivity index (χ1v) is 6.61. The molecule has 0 fully saturated rings. The number of oxazole rings is 1. The lowest BCUT2D eigenvalue weighted by atomic mass is 9.92. The summed E-state index contributed by atoms with van der Waals surface area (Å²) in [7, 11) is 0. The summed E-state index contributed by atoms with van der Waals surface area (Å²) in [6.45, 7) is 0.341. The van der Waals surface area contributed by atoms with E-state index in [4.69, 9.17) is 9.15 Å².